The number of aromatic nitrogens is 8. The molecular formula is C51H43IrN8-3. The van der Waals surface area contributed by atoms with Crippen LogP contribution in [0.25, 0.3) is 67.6 Å². The normalized spacial score (nSPS) is 13.8. The van der Waals surface area contributed by atoms with Crippen molar-refractivity contribution in [3.05, 3.63) is 172 Å². The van der Waals surface area contributed by atoms with Crippen LogP contribution in [0.5, 0.6) is 0 Å². The van der Waals surface area contributed by atoms with Crippen LogP contribution in [0.4, 0.5) is 0 Å². The van der Waals surface area contributed by atoms with Crippen molar-refractivity contribution in [2.75, 3.05) is 0 Å². The summed E-state index contributed by atoms with van der Waals surface area (Å²) in [6.07, 6.45) is 28.1. The van der Waals surface area contributed by atoms with Crippen LogP contribution in [0.15, 0.2) is 91.3 Å². The fourth-order valence-corrected chi connectivity index (χ4v) is 8.90. The molecule has 0 atom stereocenters. The summed E-state index contributed by atoms with van der Waals surface area (Å²) in [5.41, 5.74) is 19.9. The van der Waals surface area contributed by atoms with E-state index < -0.39 is 0 Å². The van der Waals surface area contributed by atoms with Gasteiger partial charge in [0.2, 0.25) is 12.7 Å². The molecule has 4 heterocycles. The first-order chi connectivity index (χ1) is 28.8. The third-order valence-corrected chi connectivity index (χ3v) is 12.4. The van der Waals surface area contributed by atoms with E-state index in [1.165, 1.54) is 88.8 Å². The Hall–Kier alpha value is -6.28. The second kappa shape index (κ2) is 15.7. The van der Waals surface area contributed by atoms with Crippen LogP contribution in [0.3, 0.4) is 0 Å². The van der Waals surface area contributed by atoms with Crippen LogP contribution in [0.2, 0.25) is 0 Å². The van der Waals surface area contributed by atoms with E-state index in [2.05, 4.69) is 164 Å². The number of aryl methyl sites for hydroxylation is 2. The van der Waals surface area contributed by atoms with Crippen molar-refractivity contribution in [2.45, 2.75) is 53.4 Å². The van der Waals surface area contributed by atoms with Gasteiger partial charge in [0, 0.05) is 49.1 Å². The smallest absolute Gasteiger partial charge is 0.241 e. The maximum Gasteiger partial charge on any atom is 0.241 e. The third kappa shape index (κ3) is 6.53. The van der Waals surface area contributed by atoms with Gasteiger partial charge in [0.15, 0.2) is 0 Å². The molecule has 4 aliphatic carbocycles. The largest absolute Gasteiger partial charge is 0.358 e. The molecule has 0 spiro atoms. The Labute approximate surface area is 364 Å². The first-order valence-corrected chi connectivity index (χ1v) is 20.2. The Morgan fingerprint density at radius 3 is 1.63 bits per heavy atom. The van der Waals surface area contributed by atoms with Crippen molar-refractivity contribution in [3.63, 3.8) is 0 Å². The summed E-state index contributed by atoms with van der Waals surface area (Å²) >= 11 is 0. The number of hydrogen-bond donors (Lipinski definition) is 0. The zero-order chi connectivity index (χ0) is 40.4. The summed E-state index contributed by atoms with van der Waals surface area (Å²) in [5, 5.41) is 16.2. The molecule has 12 rings (SSSR count). The van der Waals surface area contributed by atoms with Gasteiger partial charge >= 0.3 is 0 Å². The molecule has 0 saturated carbocycles. The molecule has 0 saturated heterocycles. The van der Waals surface area contributed by atoms with Gasteiger partial charge in [-0.25, -0.2) is 0 Å². The summed E-state index contributed by atoms with van der Waals surface area (Å²) < 4.78 is 8.41. The SMILES string of the molecule is Cc1c(C)[n+](C)[c-]n1-c1[c-]cc2c3c4c(ccc13)C=CCC4=CC2.Cc1c(C)[n+](C)[c-]n1-c1[c-]cc2c3c4c(ccc13)C=CCC4=CC2.[Ir].c1ccc(-c2cnn[n-]2)nc1. The van der Waals surface area contributed by atoms with E-state index in [1.54, 1.807) is 12.4 Å². The van der Waals surface area contributed by atoms with Crippen LogP contribution in [0, 0.1) is 52.5 Å². The van der Waals surface area contributed by atoms with E-state index in [1.807, 2.05) is 32.3 Å². The molecule has 9 heteroatoms. The van der Waals surface area contributed by atoms with Crippen LogP contribution in [-0.4, -0.2) is 24.4 Å². The zero-order valence-electron chi connectivity index (χ0n) is 34.6. The van der Waals surface area contributed by atoms with E-state index in [0.29, 0.717) is 5.69 Å². The standard InChI is InChI=1S/2C22H19N2.C7H5N4.Ir/c2*1-14-15(2)24(13-23(14)3)20-12-10-18-8-7-16-5-4-6-17-9-11-19(20)22(18)21(16)17;1-2-4-8-6(3-1)7-5-9-11-10-7;/h2*4,6-7,9-11H,5,8H2,1-3H3;1-5H;/q3*-1;. The predicted octanol–water partition coefficient (Wildman–Crippen LogP) is 8.55. The molecule has 299 valence electrons. The minimum atomic E-state index is 0. The molecule has 0 amide bonds. The Balaban J connectivity index is 0.000000122. The average Bonchev–Trinajstić information content (AvgIpc) is 3.98. The van der Waals surface area contributed by atoms with Crippen molar-refractivity contribution in [3.8, 4) is 22.8 Å². The van der Waals surface area contributed by atoms with Gasteiger partial charge in [-0.05, 0) is 91.8 Å². The van der Waals surface area contributed by atoms with E-state index in [0.717, 1.165) is 42.8 Å². The number of benzene rings is 4. The maximum absolute atomic E-state index is 4.08. The summed E-state index contributed by atoms with van der Waals surface area (Å²) in [6, 6.07) is 26.0. The molecule has 1 radical (unpaired) electrons. The number of imidazole rings is 2. The molecule has 4 aromatic carbocycles. The minimum absolute atomic E-state index is 0. The van der Waals surface area contributed by atoms with Gasteiger partial charge in [-0.15, -0.1) is 44.8 Å². The second-order valence-corrected chi connectivity index (χ2v) is 15.7. The Kier molecular flexibility index (Phi) is 10.3. The monoisotopic (exact) mass is 960 g/mol. The van der Waals surface area contributed by atoms with Crippen molar-refractivity contribution in [1.82, 2.24) is 29.5 Å². The molecule has 0 unspecified atom stereocenters. The number of nitrogens with zero attached hydrogens (tertiary/aromatic N) is 8. The van der Waals surface area contributed by atoms with Crippen LogP contribution in [-0.2, 0) is 47.0 Å². The van der Waals surface area contributed by atoms with Gasteiger partial charge in [-0.1, -0.05) is 85.1 Å². The summed E-state index contributed by atoms with van der Waals surface area (Å²) in [4.78, 5) is 4.08. The summed E-state index contributed by atoms with van der Waals surface area (Å²) in [6.45, 7) is 8.57. The van der Waals surface area contributed by atoms with E-state index >= 15 is 0 Å². The van der Waals surface area contributed by atoms with Crippen LogP contribution in [0.1, 0.15) is 69.0 Å². The van der Waals surface area contributed by atoms with Crippen molar-refractivity contribution >= 4 is 44.8 Å². The molecule has 0 aliphatic heterocycles. The molecule has 60 heavy (non-hydrogen) atoms. The maximum atomic E-state index is 4.08. The van der Waals surface area contributed by atoms with Gasteiger partial charge in [-0.3, -0.25) is 10.2 Å². The summed E-state index contributed by atoms with van der Waals surface area (Å²) in [5.74, 6) is 0. The first kappa shape index (κ1) is 39.2. The molecule has 4 aliphatic rings. The Morgan fingerprint density at radius 2 is 1.20 bits per heavy atom. The molecule has 0 fully saturated rings. The van der Waals surface area contributed by atoms with E-state index in [-0.39, 0.29) is 20.1 Å². The summed E-state index contributed by atoms with van der Waals surface area (Å²) in [7, 11) is 4.10. The van der Waals surface area contributed by atoms with Crippen molar-refractivity contribution in [2.24, 2.45) is 14.1 Å². The van der Waals surface area contributed by atoms with Gasteiger partial charge in [0.1, 0.15) is 0 Å². The van der Waals surface area contributed by atoms with Crippen LogP contribution >= 0.6 is 0 Å². The fourth-order valence-electron chi connectivity index (χ4n) is 8.90. The third-order valence-electron chi connectivity index (χ3n) is 12.4. The molecule has 8 aromatic rings. The molecule has 0 bridgehead atoms. The number of pyridine rings is 1. The number of rotatable bonds is 3. The first-order valence-electron chi connectivity index (χ1n) is 20.2. The molecular weight excluding hydrogens is 917 g/mol. The van der Waals surface area contributed by atoms with Crippen LogP contribution < -0.4 is 14.2 Å². The van der Waals surface area contributed by atoms with Crippen molar-refractivity contribution < 1.29 is 29.2 Å². The number of hydrogen-bond acceptors (Lipinski definition) is 3. The fraction of sp³-hybridized carbons (Fsp3) is 0.196. The van der Waals surface area contributed by atoms with Gasteiger partial charge in [0.25, 0.3) is 0 Å². The predicted molar refractivity (Wildman–Crippen MR) is 232 cm³/mol. The number of allylic oxidation sites excluding steroid dienone is 6. The minimum Gasteiger partial charge on any atom is -0.358 e. The van der Waals surface area contributed by atoms with Gasteiger partial charge in [-0.2, -0.15) is 24.3 Å². The molecule has 8 nitrogen and oxygen atoms in total. The average molecular weight is 960 g/mol. The van der Waals surface area contributed by atoms with Gasteiger partial charge in [0.05, 0.1) is 19.8 Å². The van der Waals surface area contributed by atoms with Crippen molar-refractivity contribution in [1.29, 1.82) is 0 Å². The topological polar surface area (TPSA) is 70.4 Å². The van der Waals surface area contributed by atoms with Gasteiger partial charge < -0.3 is 28.5 Å². The zero-order valence-corrected chi connectivity index (χ0v) is 36.9. The molecule has 0 N–H and O–H groups in total. The molecule has 4 aromatic heterocycles. The Bertz CT molecular complexity index is 2930. The van der Waals surface area contributed by atoms with E-state index in [4.69, 9.17) is 0 Å². The Morgan fingerprint density at radius 1 is 0.667 bits per heavy atom. The quantitative estimate of drug-likeness (QED) is 0.132. The second-order valence-electron chi connectivity index (χ2n) is 15.7. The van der Waals surface area contributed by atoms with E-state index in [9.17, 15) is 0 Å².